The molecule has 0 saturated carbocycles. The van der Waals surface area contributed by atoms with Crippen LogP contribution in [-0.4, -0.2) is 60.0 Å². The molecule has 0 aromatic heterocycles. The first-order valence-electron chi connectivity index (χ1n) is 7.05. The molecule has 0 bridgehead atoms. The van der Waals surface area contributed by atoms with Gasteiger partial charge >= 0.3 is 5.97 Å². The van der Waals surface area contributed by atoms with Crippen LogP contribution in [0.15, 0.2) is 18.2 Å². The maximum Gasteiger partial charge on any atom is 0.321 e. The molecule has 0 fully saturated rings. The Morgan fingerprint density at radius 2 is 2.08 bits per heavy atom. The molecule has 1 atom stereocenters. The number of carbonyl (C=O) groups excluding carboxylic acids is 1. The summed E-state index contributed by atoms with van der Waals surface area (Å²) >= 11 is 5.89. The van der Waals surface area contributed by atoms with Gasteiger partial charge in [0, 0.05) is 25.2 Å². The largest absolute Gasteiger partial charge is 0.480 e. The monoisotopic (exact) mass is 358 g/mol. The number of carboxylic acids is 1. The van der Waals surface area contributed by atoms with E-state index in [2.05, 4.69) is 10.6 Å². The highest BCUT2D eigenvalue weighted by molar-refractivity contribution is 6.33. The van der Waals surface area contributed by atoms with Gasteiger partial charge in [0.05, 0.1) is 22.1 Å². The van der Waals surface area contributed by atoms with E-state index in [0.29, 0.717) is 13.1 Å². The van der Waals surface area contributed by atoms with Crippen molar-refractivity contribution in [3.63, 3.8) is 0 Å². The Bertz CT molecular complexity index is 623. The molecule has 9 nitrogen and oxygen atoms in total. The molecule has 1 aromatic rings. The van der Waals surface area contributed by atoms with Gasteiger partial charge in [-0.05, 0) is 20.2 Å². The number of nitrogens with one attached hydrogen (secondary N) is 2. The lowest BCUT2D eigenvalue weighted by molar-refractivity contribution is -0.384. The van der Waals surface area contributed by atoms with Gasteiger partial charge in [-0.15, -0.1) is 0 Å². The molecule has 0 aliphatic carbocycles. The van der Waals surface area contributed by atoms with Gasteiger partial charge in [0.15, 0.2) is 0 Å². The Morgan fingerprint density at radius 1 is 1.42 bits per heavy atom. The van der Waals surface area contributed by atoms with Crippen molar-refractivity contribution in [3.05, 3.63) is 33.3 Å². The van der Waals surface area contributed by atoms with E-state index in [0.717, 1.165) is 6.07 Å². The van der Waals surface area contributed by atoms with Gasteiger partial charge in [-0.3, -0.25) is 19.7 Å². The molecule has 0 unspecified atom stereocenters. The zero-order valence-corrected chi connectivity index (χ0v) is 14.0. The lowest BCUT2D eigenvalue weighted by Crippen LogP contribution is -2.42. The van der Waals surface area contributed by atoms with Crippen molar-refractivity contribution in [2.24, 2.45) is 0 Å². The van der Waals surface area contributed by atoms with Crippen LogP contribution in [0.4, 0.5) is 11.4 Å². The highest BCUT2D eigenvalue weighted by Crippen LogP contribution is 2.26. The van der Waals surface area contributed by atoms with E-state index < -0.39 is 22.8 Å². The average molecular weight is 359 g/mol. The van der Waals surface area contributed by atoms with Gasteiger partial charge in [-0.1, -0.05) is 11.6 Å². The predicted octanol–water partition coefficient (Wildman–Crippen LogP) is 1.18. The number of amides is 1. The zero-order valence-electron chi connectivity index (χ0n) is 13.3. The van der Waals surface area contributed by atoms with Crippen LogP contribution in [0.25, 0.3) is 0 Å². The molecule has 132 valence electrons. The molecule has 1 aromatic carbocycles. The van der Waals surface area contributed by atoms with E-state index >= 15 is 0 Å². The fraction of sp³-hybridized carbons (Fsp3) is 0.429. The molecule has 24 heavy (non-hydrogen) atoms. The van der Waals surface area contributed by atoms with Crippen molar-refractivity contribution in [3.8, 4) is 0 Å². The number of nitrogens with zero attached hydrogens (tertiary/aromatic N) is 2. The third kappa shape index (κ3) is 6.49. The van der Waals surface area contributed by atoms with E-state index in [-0.39, 0.29) is 22.8 Å². The van der Waals surface area contributed by atoms with Crippen molar-refractivity contribution >= 4 is 34.9 Å². The van der Waals surface area contributed by atoms with Crippen LogP contribution in [-0.2, 0) is 9.59 Å². The van der Waals surface area contributed by atoms with Crippen LogP contribution >= 0.6 is 11.6 Å². The summed E-state index contributed by atoms with van der Waals surface area (Å²) in [6.07, 6.45) is -0.332. The number of hydrogen-bond donors (Lipinski definition) is 3. The van der Waals surface area contributed by atoms with E-state index in [1.165, 1.54) is 12.1 Å². The number of rotatable bonds is 9. The molecule has 0 radical (unpaired) electrons. The second-order valence-corrected chi connectivity index (χ2v) is 5.73. The molecular weight excluding hydrogens is 340 g/mol. The number of benzene rings is 1. The lowest BCUT2D eigenvalue weighted by atomic mass is 10.2. The molecule has 0 saturated heterocycles. The summed E-state index contributed by atoms with van der Waals surface area (Å²) in [5.41, 5.74) is -0.165. The van der Waals surface area contributed by atoms with Gasteiger partial charge in [0.2, 0.25) is 5.91 Å². The number of halogens is 1. The minimum absolute atomic E-state index is 0.0632. The fourth-order valence-electron chi connectivity index (χ4n) is 1.82. The third-order valence-electron chi connectivity index (χ3n) is 3.07. The van der Waals surface area contributed by atoms with E-state index in [4.69, 9.17) is 16.7 Å². The van der Waals surface area contributed by atoms with Crippen molar-refractivity contribution in [1.82, 2.24) is 10.2 Å². The Kier molecular flexibility index (Phi) is 7.56. The SMILES string of the molecule is CN(C)CCN[C@H](CC(=O)Nc1cc([N+](=O)[O-])ccc1Cl)C(=O)O. The Morgan fingerprint density at radius 3 is 2.62 bits per heavy atom. The summed E-state index contributed by atoms with van der Waals surface area (Å²) in [7, 11) is 3.68. The zero-order chi connectivity index (χ0) is 18.3. The van der Waals surface area contributed by atoms with Gasteiger partial charge < -0.3 is 20.6 Å². The molecule has 10 heteroatoms. The van der Waals surface area contributed by atoms with E-state index in [1.807, 2.05) is 19.0 Å². The number of nitro groups is 1. The maximum atomic E-state index is 12.0. The van der Waals surface area contributed by atoms with E-state index in [9.17, 15) is 19.7 Å². The topological polar surface area (TPSA) is 125 Å². The molecule has 1 amide bonds. The first-order valence-corrected chi connectivity index (χ1v) is 7.43. The minimum atomic E-state index is -1.16. The van der Waals surface area contributed by atoms with Crippen LogP contribution in [0.5, 0.6) is 0 Å². The first kappa shape index (κ1) is 19.8. The highest BCUT2D eigenvalue weighted by Gasteiger charge is 2.21. The van der Waals surface area contributed by atoms with Crippen molar-refractivity contribution < 1.29 is 19.6 Å². The quantitative estimate of drug-likeness (QED) is 0.447. The van der Waals surface area contributed by atoms with E-state index in [1.54, 1.807) is 0 Å². The van der Waals surface area contributed by atoms with Gasteiger partial charge in [0.25, 0.3) is 5.69 Å². The fourth-order valence-corrected chi connectivity index (χ4v) is 1.98. The second kappa shape index (κ2) is 9.16. The number of aliphatic carboxylic acids is 1. The lowest BCUT2D eigenvalue weighted by Gasteiger charge is -2.16. The Balaban J connectivity index is 2.70. The van der Waals surface area contributed by atoms with Gasteiger partial charge in [-0.25, -0.2) is 0 Å². The maximum absolute atomic E-state index is 12.0. The number of carbonyl (C=O) groups is 2. The number of nitro benzene ring substituents is 1. The van der Waals surface area contributed by atoms with Crippen molar-refractivity contribution in [2.75, 3.05) is 32.5 Å². The number of non-ortho nitro benzene ring substituents is 1. The molecule has 0 heterocycles. The summed E-state index contributed by atoms with van der Waals surface area (Å²) in [6.45, 7) is 1.01. The molecule has 1 rings (SSSR count). The van der Waals surface area contributed by atoms with Gasteiger partial charge in [-0.2, -0.15) is 0 Å². The molecule has 0 aliphatic heterocycles. The van der Waals surface area contributed by atoms with Crippen LogP contribution in [0.1, 0.15) is 6.42 Å². The number of likely N-dealkylation sites (N-methyl/N-ethyl adjacent to an activating group) is 1. The van der Waals surface area contributed by atoms with Gasteiger partial charge in [0.1, 0.15) is 6.04 Å². The van der Waals surface area contributed by atoms with Crippen LogP contribution in [0, 0.1) is 10.1 Å². The number of hydrogen-bond acceptors (Lipinski definition) is 6. The summed E-state index contributed by atoms with van der Waals surface area (Å²) in [5, 5.41) is 25.2. The standard InChI is InChI=1S/C14H19ClN4O5/c1-18(2)6-5-16-12(14(21)22)8-13(20)17-11-7-9(19(23)24)3-4-10(11)15/h3-4,7,12,16H,5-6,8H2,1-2H3,(H,17,20)(H,21,22)/t12-/m1/s1. The third-order valence-corrected chi connectivity index (χ3v) is 3.40. The normalized spacial score (nSPS) is 12.0. The smallest absolute Gasteiger partial charge is 0.321 e. The molecular formula is C14H19ClN4O5. The number of carboxylic acid groups (broad SMARTS) is 1. The summed E-state index contributed by atoms with van der Waals surface area (Å²) in [4.78, 5) is 35.2. The predicted molar refractivity (Wildman–Crippen MR) is 89.3 cm³/mol. The van der Waals surface area contributed by atoms with Crippen LogP contribution in [0.2, 0.25) is 5.02 Å². The highest BCUT2D eigenvalue weighted by atomic mass is 35.5. The second-order valence-electron chi connectivity index (χ2n) is 5.32. The Hall–Kier alpha value is -2.23. The summed E-state index contributed by atoms with van der Waals surface area (Å²) < 4.78 is 0. The minimum Gasteiger partial charge on any atom is -0.480 e. The Labute approximate surface area is 143 Å². The average Bonchev–Trinajstić information content (AvgIpc) is 2.47. The van der Waals surface area contributed by atoms with Crippen LogP contribution < -0.4 is 10.6 Å². The number of anilines is 1. The molecule has 3 N–H and O–H groups in total. The first-order chi connectivity index (χ1) is 11.2. The molecule has 0 aliphatic rings. The summed E-state index contributed by atoms with van der Waals surface area (Å²) in [6, 6.07) is 2.55. The molecule has 0 spiro atoms. The van der Waals surface area contributed by atoms with Crippen molar-refractivity contribution in [2.45, 2.75) is 12.5 Å². The summed E-state index contributed by atoms with van der Waals surface area (Å²) in [5.74, 6) is -1.77. The van der Waals surface area contributed by atoms with Crippen LogP contribution in [0.3, 0.4) is 0 Å². The van der Waals surface area contributed by atoms with Crippen molar-refractivity contribution in [1.29, 1.82) is 0 Å².